The Morgan fingerprint density at radius 2 is 1.69 bits per heavy atom. The molecule has 5 rings (SSSR count). The number of nitrogens with zero attached hydrogens (tertiary/aromatic N) is 1. The summed E-state index contributed by atoms with van der Waals surface area (Å²) in [6, 6.07) is 21.9. The number of carbonyl (C=O) groups is 1. The Bertz CT molecular complexity index is 1330. The van der Waals surface area contributed by atoms with Gasteiger partial charge in [-0.1, -0.05) is 36.4 Å². The molecule has 2 aromatic carbocycles. The molecule has 0 bridgehead atoms. The molecule has 4 aromatic rings. The number of thiophene rings is 2. The van der Waals surface area contributed by atoms with E-state index in [4.69, 9.17) is 0 Å². The van der Waals surface area contributed by atoms with E-state index in [0.717, 1.165) is 23.3 Å². The van der Waals surface area contributed by atoms with Crippen molar-refractivity contribution >= 4 is 44.3 Å². The first kappa shape index (κ1) is 20.9. The number of rotatable bonds is 5. The van der Waals surface area contributed by atoms with Gasteiger partial charge in [0.1, 0.15) is 4.21 Å². The van der Waals surface area contributed by atoms with E-state index in [-0.39, 0.29) is 16.2 Å². The lowest BCUT2D eigenvalue weighted by atomic mass is 9.92. The molecule has 1 aliphatic heterocycles. The molecule has 1 aliphatic rings. The number of carbonyl (C=O) groups excluding carboxylic acids is 1. The molecule has 1 atom stereocenters. The zero-order chi connectivity index (χ0) is 22.1. The van der Waals surface area contributed by atoms with E-state index >= 15 is 0 Å². The van der Waals surface area contributed by atoms with Gasteiger partial charge in [0, 0.05) is 22.7 Å². The molecule has 3 heterocycles. The summed E-state index contributed by atoms with van der Waals surface area (Å²) in [7, 11) is -3.62. The van der Waals surface area contributed by atoms with Gasteiger partial charge in [-0.25, -0.2) is 8.42 Å². The molecule has 0 saturated carbocycles. The topological polar surface area (TPSA) is 66.5 Å². The van der Waals surface area contributed by atoms with E-state index in [1.54, 1.807) is 53.1 Å². The minimum atomic E-state index is -3.62. The summed E-state index contributed by atoms with van der Waals surface area (Å²) in [6.07, 6.45) is 0.834. The van der Waals surface area contributed by atoms with Crippen LogP contribution >= 0.6 is 22.7 Å². The molecule has 0 fully saturated rings. The fraction of sp³-hybridized carbons (Fsp3) is 0.125. The fourth-order valence-corrected chi connectivity index (χ4v) is 6.95. The number of benzene rings is 2. The molecule has 8 heteroatoms. The predicted octanol–water partition coefficient (Wildman–Crippen LogP) is 5.40. The zero-order valence-corrected chi connectivity index (χ0v) is 19.4. The third kappa shape index (κ3) is 3.97. The summed E-state index contributed by atoms with van der Waals surface area (Å²) in [5.74, 6) is -0.0663. The predicted molar refractivity (Wildman–Crippen MR) is 129 cm³/mol. The van der Waals surface area contributed by atoms with Crippen LogP contribution in [0.5, 0.6) is 0 Å². The first-order valence-electron chi connectivity index (χ1n) is 10.1. The van der Waals surface area contributed by atoms with Crippen LogP contribution in [0, 0.1) is 0 Å². The summed E-state index contributed by atoms with van der Waals surface area (Å²) in [4.78, 5) is 16.7. The largest absolute Gasteiger partial charge is 0.327 e. The molecule has 162 valence electrons. The molecular weight excluding hydrogens is 460 g/mol. The van der Waals surface area contributed by atoms with Crippen LogP contribution in [0.3, 0.4) is 0 Å². The van der Waals surface area contributed by atoms with Crippen molar-refractivity contribution in [2.45, 2.75) is 16.7 Å². The maximum Gasteiger partial charge on any atom is 0.271 e. The van der Waals surface area contributed by atoms with Crippen LogP contribution in [0.25, 0.3) is 0 Å². The van der Waals surface area contributed by atoms with Crippen molar-refractivity contribution < 1.29 is 13.2 Å². The average Bonchev–Trinajstić information content (AvgIpc) is 3.51. The molecule has 32 heavy (non-hydrogen) atoms. The molecule has 1 N–H and O–H groups in total. The summed E-state index contributed by atoms with van der Waals surface area (Å²) >= 11 is 2.90. The summed E-state index contributed by atoms with van der Waals surface area (Å²) in [5.41, 5.74) is 3.22. The number of fused-ring (bicyclic) bond motifs is 1. The summed E-state index contributed by atoms with van der Waals surface area (Å²) < 4.78 is 27.7. The van der Waals surface area contributed by atoms with Gasteiger partial charge in [-0.15, -0.1) is 22.7 Å². The molecule has 0 aliphatic carbocycles. The van der Waals surface area contributed by atoms with Crippen molar-refractivity contribution in [3.63, 3.8) is 0 Å². The number of nitrogens with one attached hydrogen (secondary N) is 1. The lowest BCUT2D eigenvalue weighted by Crippen LogP contribution is -2.40. The standard InChI is InChI=1S/C24H20N2O3S3/c27-24(18-8-10-19(11-9-18)25-32(28,29)22-7-4-15-31-22)26-14-12-21-20(13-16-30-21)23(26)17-5-2-1-3-6-17/h1-11,13,15-16,23,25H,12,14H2. The molecule has 0 saturated heterocycles. The van der Waals surface area contributed by atoms with E-state index in [1.165, 1.54) is 10.4 Å². The second-order valence-electron chi connectivity index (χ2n) is 7.48. The Balaban J connectivity index is 1.41. The maximum atomic E-state index is 13.5. The van der Waals surface area contributed by atoms with Gasteiger partial charge in [0.2, 0.25) is 0 Å². The number of hydrogen-bond acceptors (Lipinski definition) is 5. The summed E-state index contributed by atoms with van der Waals surface area (Å²) in [6.45, 7) is 0.638. The van der Waals surface area contributed by atoms with Gasteiger partial charge in [-0.05, 0) is 64.7 Å². The number of anilines is 1. The van der Waals surface area contributed by atoms with Crippen LogP contribution in [0.2, 0.25) is 0 Å². The minimum absolute atomic E-state index is 0.0663. The molecule has 0 radical (unpaired) electrons. The van der Waals surface area contributed by atoms with E-state index < -0.39 is 10.0 Å². The smallest absolute Gasteiger partial charge is 0.271 e. The van der Waals surface area contributed by atoms with Gasteiger partial charge in [0.25, 0.3) is 15.9 Å². The van der Waals surface area contributed by atoms with E-state index in [0.29, 0.717) is 17.8 Å². The van der Waals surface area contributed by atoms with Gasteiger partial charge in [0.05, 0.1) is 6.04 Å². The Morgan fingerprint density at radius 1 is 0.906 bits per heavy atom. The highest BCUT2D eigenvalue weighted by molar-refractivity contribution is 7.94. The van der Waals surface area contributed by atoms with Gasteiger partial charge in [-0.3, -0.25) is 9.52 Å². The normalized spacial score (nSPS) is 15.9. The summed E-state index contributed by atoms with van der Waals surface area (Å²) in [5, 5.41) is 3.81. The van der Waals surface area contributed by atoms with Gasteiger partial charge >= 0.3 is 0 Å². The highest BCUT2D eigenvalue weighted by atomic mass is 32.2. The fourth-order valence-electron chi connectivity index (χ4n) is 4.00. The highest BCUT2D eigenvalue weighted by Crippen LogP contribution is 2.38. The van der Waals surface area contributed by atoms with Crippen molar-refractivity contribution in [3.05, 3.63) is 105 Å². The van der Waals surface area contributed by atoms with Crippen LogP contribution < -0.4 is 4.72 Å². The van der Waals surface area contributed by atoms with Crippen molar-refractivity contribution in [2.24, 2.45) is 0 Å². The minimum Gasteiger partial charge on any atom is -0.327 e. The first-order valence-corrected chi connectivity index (χ1v) is 13.4. The van der Waals surface area contributed by atoms with E-state index in [1.807, 2.05) is 23.1 Å². The number of hydrogen-bond donors (Lipinski definition) is 1. The van der Waals surface area contributed by atoms with Crippen molar-refractivity contribution in [1.82, 2.24) is 4.90 Å². The van der Waals surface area contributed by atoms with Crippen LogP contribution in [0.4, 0.5) is 5.69 Å². The van der Waals surface area contributed by atoms with E-state index in [9.17, 15) is 13.2 Å². The monoisotopic (exact) mass is 480 g/mol. The van der Waals surface area contributed by atoms with Crippen LogP contribution in [0.1, 0.15) is 32.4 Å². The third-order valence-corrected chi connectivity index (χ3v) is 9.26. The molecule has 5 nitrogen and oxygen atoms in total. The number of sulfonamides is 1. The Kier molecular flexibility index (Phi) is 5.58. The Morgan fingerprint density at radius 3 is 2.41 bits per heavy atom. The second kappa shape index (κ2) is 8.54. The highest BCUT2D eigenvalue weighted by Gasteiger charge is 2.33. The first-order chi connectivity index (χ1) is 15.5. The van der Waals surface area contributed by atoms with Crippen LogP contribution in [0.15, 0.2) is 87.8 Å². The number of amides is 1. The maximum absolute atomic E-state index is 13.5. The molecular formula is C24H20N2O3S3. The van der Waals surface area contributed by atoms with E-state index in [2.05, 4.69) is 28.3 Å². The quantitative estimate of drug-likeness (QED) is 0.416. The van der Waals surface area contributed by atoms with Crippen LogP contribution in [-0.2, 0) is 16.4 Å². The second-order valence-corrected chi connectivity index (χ2v) is 11.3. The van der Waals surface area contributed by atoms with Crippen LogP contribution in [-0.4, -0.2) is 25.8 Å². The van der Waals surface area contributed by atoms with Crippen molar-refractivity contribution in [2.75, 3.05) is 11.3 Å². The molecule has 1 unspecified atom stereocenters. The zero-order valence-electron chi connectivity index (χ0n) is 17.0. The van der Waals surface area contributed by atoms with Gasteiger partial charge in [0.15, 0.2) is 0 Å². The van der Waals surface area contributed by atoms with Crippen molar-refractivity contribution in [1.29, 1.82) is 0 Å². The Labute approximate surface area is 195 Å². The average molecular weight is 481 g/mol. The van der Waals surface area contributed by atoms with Gasteiger partial charge < -0.3 is 4.90 Å². The molecule has 0 spiro atoms. The Hall–Kier alpha value is -2.94. The molecule has 2 aromatic heterocycles. The lowest BCUT2D eigenvalue weighted by molar-refractivity contribution is 0.0696. The molecule has 1 amide bonds. The SMILES string of the molecule is O=C(c1ccc(NS(=O)(=O)c2cccs2)cc1)N1CCc2sccc2C1c1ccccc1. The van der Waals surface area contributed by atoms with Crippen molar-refractivity contribution in [3.8, 4) is 0 Å². The third-order valence-electron chi connectivity index (χ3n) is 5.49. The van der Waals surface area contributed by atoms with Gasteiger partial charge in [-0.2, -0.15) is 0 Å². The lowest BCUT2D eigenvalue weighted by Gasteiger charge is -2.36.